The molecule has 0 bridgehead atoms. The standard InChI is InChI=1S/C11H14N4O/c1-2-13-11(12)15-7-10(16)14-8-5-3-4-6-9(8)15/h3-6H,2,7H2,1H3,(H2,12,13)(H,14,16). The first-order valence-corrected chi connectivity index (χ1v) is 5.18. The molecule has 0 radical (unpaired) electrons. The van der Waals surface area contributed by atoms with Crippen molar-refractivity contribution in [3.05, 3.63) is 24.3 Å². The average Bonchev–Trinajstić information content (AvgIpc) is 2.28. The molecule has 0 aliphatic carbocycles. The van der Waals surface area contributed by atoms with E-state index >= 15 is 0 Å². The number of nitrogens with zero attached hydrogens (tertiary/aromatic N) is 2. The van der Waals surface area contributed by atoms with E-state index in [-0.39, 0.29) is 12.5 Å². The number of carbonyl (C=O) groups excluding carboxylic acids is 1. The van der Waals surface area contributed by atoms with Gasteiger partial charge < -0.3 is 16.0 Å². The van der Waals surface area contributed by atoms with E-state index in [4.69, 9.17) is 5.73 Å². The van der Waals surface area contributed by atoms with Gasteiger partial charge in [0.05, 0.1) is 11.4 Å². The van der Waals surface area contributed by atoms with Gasteiger partial charge in [-0.05, 0) is 19.1 Å². The number of nitrogens with two attached hydrogens (primary N) is 1. The fraction of sp³-hybridized carbons (Fsp3) is 0.273. The van der Waals surface area contributed by atoms with Crippen LogP contribution in [0.15, 0.2) is 29.3 Å². The molecule has 3 N–H and O–H groups in total. The maximum atomic E-state index is 11.5. The lowest BCUT2D eigenvalue weighted by atomic mass is 10.2. The Balaban J connectivity index is 2.41. The Hall–Kier alpha value is -2.04. The molecule has 1 aliphatic rings. The quantitative estimate of drug-likeness (QED) is 0.540. The van der Waals surface area contributed by atoms with Crippen molar-refractivity contribution in [3.8, 4) is 0 Å². The molecule has 0 unspecified atom stereocenters. The highest BCUT2D eigenvalue weighted by molar-refractivity contribution is 6.10. The topological polar surface area (TPSA) is 70.7 Å². The van der Waals surface area contributed by atoms with E-state index < -0.39 is 0 Å². The molecule has 1 heterocycles. The van der Waals surface area contributed by atoms with Crippen molar-refractivity contribution in [2.45, 2.75) is 6.92 Å². The maximum absolute atomic E-state index is 11.5. The molecule has 0 spiro atoms. The molecule has 5 heteroatoms. The normalized spacial score (nSPS) is 15.7. The zero-order chi connectivity index (χ0) is 11.5. The van der Waals surface area contributed by atoms with Crippen LogP contribution in [0.2, 0.25) is 0 Å². The summed E-state index contributed by atoms with van der Waals surface area (Å²) in [6, 6.07) is 7.53. The zero-order valence-corrected chi connectivity index (χ0v) is 9.10. The minimum atomic E-state index is -0.0760. The van der Waals surface area contributed by atoms with E-state index in [2.05, 4.69) is 10.3 Å². The molecule has 1 aromatic carbocycles. The summed E-state index contributed by atoms with van der Waals surface area (Å²) in [4.78, 5) is 17.3. The molecular weight excluding hydrogens is 204 g/mol. The van der Waals surface area contributed by atoms with Crippen molar-refractivity contribution in [1.82, 2.24) is 0 Å². The number of nitrogens with one attached hydrogen (secondary N) is 1. The SMILES string of the molecule is CCN=C(N)N1CC(=O)Nc2ccccc21. The predicted molar refractivity (Wildman–Crippen MR) is 64.6 cm³/mol. The Morgan fingerprint density at radius 2 is 2.31 bits per heavy atom. The molecule has 0 atom stereocenters. The van der Waals surface area contributed by atoms with Gasteiger partial charge in [-0.25, -0.2) is 0 Å². The van der Waals surface area contributed by atoms with E-state index in [9.17, 15) is 4.79 Å². The second-order valence-electron chi connectivity index (χ2n) is 3.48. The molecule has 0 saturated heterocycles. The summed E-state index contributed by atoms with van der Waals surface area (Å²) in [7, 11) is 0. The van der Waals surface area contributed by atoms with Gasteiger partial charge in [0.2, 0.25) is 5.91 Å². The van der Waals surface area contributed by atoms with Gasteiger partial charge in [0.15, 0.2) is 5.96 Å². The Labute approximate surface area is 94.0 Å². The summed E-state index contributed by atoms with van der Waals surface area (Å²) in [5.74, 6) is 0.303. The van der Waals surface area contributed by atoms with Gasteiger partial charge >= 0.3 is 0 Å². The van der Waals surface area contributed by atoms with Crippen LogP contribution in [0.4, 0.5) is 11.4 Å². The monoisotopic (exact) mass is 218 g/mol. The van der Waals surface area contributed by atoms with Crippen molar-refractivity contribution >= 4 is 23.2 Å². The number of rotatable bonds is 1. The van der Waals surface area contributed by atoms with Gasteiger partial charge in [-0.2, -0.15) is 0 Å². The lowest BCUT2D eigenvalue weighted by Gasteiger charge is -2.29. The molecule has 0 aromatic heterocycles. The smallest absolute Gasteiger partial charge is 0.244 e. The predicted octanol–water partition coefficient (Wildman–Crippen LogP) is 0.780. The van der Waals surface area contributed by atoms with Crippen molar-refractivity contribution in [2.24, 2.45) is 10.7 Å². The van der Waals surface area contributed by atoms with Crippen molar-refractivity contribution in [1.29, 1.82) is 0 Å². The minimum absolute atomic E-state index is 0.0760. The molecule has 1 aromatic rings. The third kappa shape index (κ3) is 1.84. The van der Waals surface area contributed by atoms with Crippen LogP contribution >= 0.6 is 0 Å². The van der Waals surface area contributed by atoms with Crippen LogP contribution < -0.4 is 16.0 Å². The van der Waals surface area contributed by atoms with Gasteiger partial charge in [-0.15, -0.1) is 0 Å². The maximum Gasteiger partial charge on any atom is 0.244 e. The number of amides is 1. The average molecular weight is 218 g/mol. The van der Waals surface area contributed by atoms with Crippen LogP contribution in [-0.4, -0.2) is 25.0 Å². The molecule has 84 valence electrons. The van der Waals surface area contributed by atoms with Crippen molar-refractivity contribution in [2.75, 3.05) is 23.3 Å². The Kier molecular flexibility index (Phi) is 2.76. The molecule has 5 nitrogen and oxygen atoms in total. The van der Waals surface area contributed by atoms with Crippen molar-refractivity contribution in [3.63, 3.8) is 0 Å². The first kappa shape index (κ1) is 10.5. The van der Waals surface area contributed by atoms with E-state index in [1.165, 1.54) is 0 Å². The fourth-order valence-electron chi connectivity index (χ4n) is 1.68. The molecular formula is C11H14N4O. The summed E-state index contributed by atoms with van der Waals surface area (Å²) in [5, 5.41) is 2.80. The van der Waals surface area contributed by atoms with Crippen LogP contribution in [0.25, 0.3) is 0 Å². The molecule has 0 fully saturated rings. The van der Waals surface area contributed by atoms with Gasteiger partial charge in [-0.3, -0.25) is 9.79 Å². The van der Waals surface area contributed by atoms with Crippen LogP contribution in [-0.2, 0) is 4.79 Å². The van der Waals surface area contributed by atoms with E-state index in [0.29, 0.717) is 12.5 Å². The summed E-state index contributed by atoms with van der Waals surface area (Å²) in [5.41, 5.74) is 7.49. The Bertz CT molecular complexity index is 441. The number of hydrogen-bond donors (Lipinski definition) is 2. The number of para-hydroxylation sites is 2. The second kappa shape index (κ2) is 4.22. The largest absolute Gasteiger partial charge is 0.370 e. The molecule has 1 amide bonds. The Morgan fingerprint density at radius 3 is 3.06 bits per heavy atom. The van der Waals surface area contributed by atoms with E-state index in [1.807, 2.05) is 31.2 Å². The van der Waals surface area contributed by atoms with Crippen LogP contribution in [0.5, 0.6) is 0 Å². The van der Waals surface area contributed by atoms with Gasteiger partial charge in [0.25, 0.3) is 0 Å². The third-order valence-electron chi connectivity index (χ3n) is 2.37. The second-order valence-corrected chi connectivity index (χ2v) is 3.48. The lowest BCUT2D eigenvalue weighted by molar-refractivity contribution is -0.115. The molecule has 1 aliphatic heterocycles. The third-order valence-corrected chi connectivity index (χ3v) is 2.37. The molecule has 16 heavy (non-hydrogen) atoms. The Morgan fingerprint density at radius 1 is 1.56 bits per heavy atom. The number of guanidine groups is 1. The van der Waals surface area contributed by atoms with Crippen molar-refractivity contribution < 1.29 is 4.79 Å². The molecule has 0 saturated carbocycles. The van der Waals surface area contributed by atoms with Gasteiger partial charge in [0.1, 0.15) is 6.54 Å². The lowest BCUT2D eigenvalue weighted by Crippen LogP contribution is -2.45. The summed E-state index contributed by atoms with van der Waals surface area (Å²) in [6.45, 7) is 2.72. The minimum Gasteiger partial charge on any atom is -0.370 e. The first-order chi connectivity index (χ1) is 7.72. The number of carbonyl (C=O) groups is 1. The van der Waals surface area contributed by atoms with Gasteiger partial charge in [0, 0.05) is 6.54 Å². The van der Waals surface area contributed by atoms with E-state index in [1.54, 1.807) is 4.90 Å². The number of fused-ring (bicyclic) bond motifs is 1. The number of anilines is 2. The van der Waals surface area contributed by atoms with Crippen LogP contribution in [0.1, 0.15) is 6.92 Å². The highest BCUT2D eigenvalue weighted by Crippen LogP contribution is 2.28. The zero-order valence-electron chi connectivity index (χ0n) is 9.10. The number of benzene rings is 1. The highest BCUT2D eigenvalue weighted by atomic mass is 16.2. The summed E-state index contributed by atoms with van der Waals surface area (Å²) >= 11 is 0. The van der Waals surface area contributed by atoms with Gasteiger partial charge in [-0.1, -0.05) is 12.1 Å². The van der Waals surface area contributed by atoms with Crippen LogP contribution in [0.3, 0.4) is 0 Å². The number of aliphatic imine (C=N–C) groups is 1. The fourth-order valence-corrected chi connectivity index (χ4v) is 1.68. The highest BCUT2D eigenvalue weighted by Gasteiger charge is 2.23. The summed E-state index contributed by atoms with van der Waals surface area (Å²) < 4.78 is 0. The summed E-state index contributed by atoms with van der Waals surface area (Å²) in [6.07, 6.45) is 0. The first-order valence-electron chi connectivity index (χ1n) is 5.18. The van der Waals surface area contributed by atoms with Crippen LogP contribution in [0, 0.1) is 0 Å². The molecule has 2 rings (SSSR count). The van der Waals surface area contributed by atoms with E-state index in [0.717, 1.165) is 11.4 Å². The number of hydrogen-bond acceptors (Lipinski definition) is 2.